The number of nitrogen functional groups attached to an aromatic ring is 1. The Kier molecular flexibility index (Phi) is 6.00. The monoisotopic (exact) mass is 359 g/mol. The molecule has 2 aromatic rings. The molecule has 1 fully saturated rings. The van der Waals surface area contributed by atoms with Gasteiger partial charge in [0.2, 0.25) is 0 Å². The molecule has 1 aliphatic rings. The van der Waals surface area contributed by atoms with Crippen LogP contribution in [0.3, 0.4) is 0 Å². The zero-order valence-corrected chi connectivity index (χ0v) is 14.9. The molecule has 1 aromatic carbocycles. The minimum atomic E-state index is -0.407. The van der Waals surface area contributed by atoms with E-state index in [0.29, 0.717) is 19.1 Å². The third-order valence-electron chi connectivity index (χ3n) is 5.05. The van der Waals surface area contributed by atoms with Crippen LogP contribution in [-0.4, -0.2) is 39.8 Å². The Labute approximate surface area is 152 Å². The summed E-state index contributed by atoms with van der Waals surface area (Å²) in [4.78, 5) is 17.9. The van der Waals surface area contributed by atoms with E-state index in [9.17, 15) is 9.18 Å². The number of hydrogen-bond acceptors (Lipinski definition) is 5. The summed E-state index contributed by atoms with van der Waals surface area (Å²) in [5.74, 6) is 0.205. The van der Waals surface area contributed by atoms with Crippen molar-refractivity contribution in [1.82, 2.24) is 14.5 Å². The Hall–Kier alpha value is -2.25. The average molecular weight is 359 g/mol. The van der Waals surface area contributed by atoms with Crippen molar-refractivity contribution in [2.24, 2.45) is 5.73 Å². The fraction of sp³-hybridized carbons (Fsp3) is 0.474. The Morgan fingerprint density at radius 2 is 1.85 bits per heavy atom. The second-order valence-electron chi connectivity index (χ2n) is 6.90. The minimum Gasteiger partial charge on any atom is -0.383 e. The van der Waals surface area contributed by atoms with E-state index in [1.807, 2.05) is 24.3 Å². The van der Waals surface area contributed by atoms with Crippen LogP contribution < -0.4 is 17.2 Å². The molecule has 0 spiro atoms. The quantitative estimate of drug-likeness (QED) is 0.822. The van der Waals surface area contributed by atoms with Gasteiger partial charge in [-0.1, -0.05) is 12.1 Å². The number of hydrogen-bond donors (Lipinski definition) is 2. The highest BCUT2D eigenvalue weighted by Gasteiger charge is 2.24. The van der Waals surface area contributed by atoms with Crippen LogP contribution in [0.25, 0.3) is 5.69 Å². The van der Waals surface area contributed by atoms with Crippen molar-refractivity contribution >= 4 is 5.82 Å². The van der Waals surface area contributed by atoms with Crippen molar-refractivity contribution in [2.45, 2.75) is 44.3 Å². The molecule has 0 amide bonds. The van der Waals surface area contributed by atoms with E-state index >= 15 is 0 Å². The van der Waals surface area contributed by atoms with Crippen LogP contribution in [0, 0.1) is 0 Å². The number of rotatable bonds is 6. The molecule has 0 aliphatic heterocycles. The highest BCUT2D eigenvalue weighted by Crippen LogP contribution is 2.24. The van der Waals surface area contributed by atoms with Gasteiger partial charge >= 0.3 is 5.69 Å². The normalized spacial score (nSPS) is 20.4. The predicted molar refractivity (Wildman–Crippen MR) is 101 cm³/mol. The van der Waals surface area contributed by atoms with Gasteiger partial charge in [0, 0.05) is 31.4 Å². The van der Waals surface area contributed by atoms with Gasteiger partial charge < -0.3 is 11.5 Å². The van der Waals surface area contributed by atoms with Gasteiger partial charge in [0.05, 0.1) is 5.69 Å². The lowest BCUT2D eigenvalue weighted by molar-refractivity contribution is 0.132. The van der Waals surface area contributed by atoms with Gasteiger partial charge in [0.25, 0.3) is 0 Å². The topological polar surface area (TPSA) is 90.2 Å². The number of nitrogens with zero attached hydrogens (tertiary/aromatic N) is 3. The molecule has 1 heterocycles. The molecule has 26 heavy (non-hydrogen) atoms. The second-order valence-corrected chi connectivity index (χ2v) is 6.90. The van der Waals surface area contributed by atoms with Crippen LogP contribution in [-0.2, 0) is 6.54 Å². The van der Waals surface area contributed by atoms with Gasteiger partial charge in [-0.3, -0.25) is 9.47 Å². The number of nitrogens with two attached hydrogens (primary N) is 2. The van der Waals surface area contributed by atoms with Crippen LogP contribution in [0.4, 0.5) is 10.2 Å². The molecular formula is C19H26FN5O. The molecule has 0 radical (unpaired) electrons. The van der Waals surface area contributed by atoms with E-state index < -0.39 is 5.69 Å². The number of benzene rings is 1. The summed E-state index contributed by atoms with van der Waals surface area (Å²) in [6.45, 7) is 0.773. The molecule has 6 nitrogen and oxygen atoms in total. The van der Waals surface area contributed by atoms with Gasteiger partial charge in [-0.15, -0.1) is 0 Å². The molecule has 7 heteroatoms. The molecule has 3 rings (SSSR count). The lowest BCUT2D eigenvalue weighted by Gasteiger charge is -2.35. The summed E-state index contributed by atoms with van der Waals surface area (Å²) < 4.78 is 14.5. The first-order valence-electron chi connectivity index (χ1n) is 9.07. The van der Waals surface area contributed by atoms with Crippen LogP contribution in [0.5, 0.6) is 0 Å². The fourth-order valence-electron chi connectivity index (χ4n) is 3.58. The lowest BCUT2D eigenvalue weighted by Crippen LogP contribution is -2.41. The van der Waals surface area contributed by atoms with Crippen molar-refractivity contribution in [3.63, 3.8) is 0 Å². The fourth-order valence-corrected chi connectivity index (χ4v) is 3.58. The maximum absolute atomic E-state index is 13.0. The van der Waals surface area contributed by atoms with Crippen LogP contribution >= 0.6 is 0 Å². The van der Waals surface area contributed by atoms with Crippen molar-refractivity contribution in [1.29, 1.82) is 0 Å². The minimum absolute atomic E-state index is 0.205. The Morgan fingerprint density at radius 1 is 1.15 bits per heavy atom. The summed E-state index contributed by atoms with van der Waals surface area (Å²) in [6.07, 6.45) is 5.65. The van der Waals surface area contributed by atoms with E-state index in [4.69, 9.17) is 11.5 Å². The first kappa shape index (κ1) is 18.5. The number of anilines is 1. The van der Waals surface area contributed by atoms with Crippen LogP contribution in [0.2, 0.25) is 0 Å². The average Bonchev–Trinajstić information content (AvgIpc) is 2.63. The summed E-state index contributed by atoms with van der Waals surface area (Å²) in [5, 5.41) is 0. The summed E-state index contributed by atoms with van der Waals surface area (Å²) in [5.41, 5.74) is 12.9. The molecule has 140 valence electrons. The van der Waals surface area contributed by atoms with Crippen molar-refractivity contribution < 1.29 is 4.39 Å². The van der Waals surface area contributed by atoms with Crippen LogP contribution in [0.15, 0.2) is 41.3 Å². The summed E-state index contributed by atoms with van der Waals surface area (Å²) >= 11 is 0. The molecule has 1 aliphatic carbocycles. The zero-order valence-electron chi connectivity index (χ0n) is 14.9. The Bertz CT molecular complexity index is 768. The van der Waals surface area contributed by atoms with E-state index in [1.165, 1.54) is 4.57 Å². The number of aromatic nitrogens is 2. The molecule has 0 bridgehead atoms. The van der Waals surface area contributed by atoms with E-state index in [0.717, 1.165) is 36.9 Å². The first-order valence-corrected chi connectivity index (χ1v) is 9.07. The van der Waals surface area contributed by atoms with Gasteiger partial charge in [0.15, 0.2) is 0 Å². The van der Waals surface area contributed by atoms with Crippen molar-refractivity contribution in [3.05, 3.63) is 52.6 Å². The van der Waals surface area contributed by atoms with E-state index in [-0.39, 0.29) is 18.5 Å². The predicted octanol–water partition coefficient (Wildman–Crippen LogP) is 1.86. The highest BCUT2D eigenvalue weighted by atomic mass is 19.1. The lowest BCUT2D eigenvalue weighted by atomic mass is 9.90. The standard InChI is InChI=1S/C19H26FN5O/c20-10-12-24(16-7-3-15(21)4-8-16)13-14-1-5-17(6-2-14)25-11-9-18(22)23-19(25)26/h1-2,5-6,9,11,15-16H,3-4,7-8,10,12-13,21H2,(H2,22,23,26). The van der Waals surface area contributed by atoms with Gasteiger partial charge in [0.1, 0.15) is 12.5 Å². The number of halogens is 1. The molecule has 0 atom stereocenters. The molecule has 4 N–H and O–H groups in total. The third-order valence-corrected chi connectivity index (χ3v) is 5.05. The largest absolute Gasteiger partial charge is 0.383 e. The molecule has 0 unspecified atom stereocenters. The smallest absolute Gasteiger partial charge is 0.354 e. The maximum atomic E-state index is 13.0. The SMILES string of the molecule is Nc1ccn(-c2ccc(CN(CCF)C3CCC(N)CC3)cc2)c(=O)n1. The second kappa shape index (κ2) is 8.42. The number of alkyl halides is 1. The zero-order chi connectivity index (χ0) is 18.5. The molecule has 0 saturated heterocycles. The van der Waals surface area contributed by atoms with Gasteiger partial charge in [-0.25, -0.2) is 9.18 Å². The summed E-state index contributed by atoms with van der Waals surface area (Å²) in [6, 6.07) is 9.94. The van der Waals surface area contributed by atoms with E-state index in [1.54, 1.807) is 12.3 Å². The van der Waals surface area contributed by atoms with E-state index in [2.05, 4.69) is 9.88 Å². The van der Waals surface area contributed by atoms with Gasteiger partial charge in [-0.05, 0) is 49.4 Å². The Morgan fingerprint density at radius 3 is 2.46 bits per heavy atom. The van der Waals surface area contributed by atoms with Crippen molar-refractivity contribution in [2.75, 3.05) is 19.0 Å². The first-order chi connectivity index (χ1) is 12.6. The highest BCUT2D eigenvalue weighted by molar-refractivity contribution is 5.36. The summed E-state index contributed by atoms with van der Waals surface area (Å²) in [7, 11) is 0. The van der Waals surface area contributed by atoms with Gasteiger partial charge in [-0.2, -0.15) is 4.98 Å². The molecule has 1 saturated carbocycles. The maximum Gasteiger partial charge on any atom is 0.354 e. The van der Waals surface area contributed by atoms with Crippen molar-refractivity contribution in [3.8, 4) is 5.69 Å². The van der Waals surface area contributed by atoms with Crippen LogP contribution in [0.1, 0.15) is 31.2 Å². The molecular weight excluding hydrogens is 333 g/mol. The third kappa shape index (κ3) is 4.47. The Balaban J connectivity index is 1.71. The molecule has 1 aromatic heterocycles.